The van der Waals surface area contributed by atoms with Crippen LogP contribution in [-0.4, -0.2) is 64.8 Å². The number of hydrogen-bond donors (Lipinski definition) is 1. The molecule has 1 heterocycles. The second kappa shape index (κ2) is 11.3. The van der Waals surface area contributed by atoms with E-state index < -0.39 is 34.7 Å². The number of aliphatic hydroxyl groups is 1. The minimum Gasteiger partial charge on any atom is -0.465 e. The minimum absolute atomic E-state index is 0.0280. The van der Waals surface area contributed by atoms with Crippen molar-refractivity contribution in [2.75, 3.05) is 13.7 Å². The Kier molecular flexibility index (Phi) is 8.68. The largest absolute Gasteiger partial charge is 0.465 e. The molecule has 0 aromatic rings. The molecule has 0 amide bonds. The fraction of sp³-hybridized carbons (Fsp3) is 0.815. The lowest BCUT2D eigenvalue weighted by molar-refractivity contribution is -0.241. The number of carbonyl (C=O) groups is 3. The van der Waals surface area contributed by atoms with Gasteiger partial charge in [0.05, 0.1) is 25.0 Å². The number of ketones is 2. The number of allylic oxidation sites excluding steroid dienone is 1. The molecule has 37 heavy (non-hydrogen) atoms. The van der Waals surface area contributed by atoms with Crippen molar-refractivity contribution in [2.24, 2.45) is 17.3 Å². The van der Waals surface area contributed by atoms with E-state index >= 15 is 0 Å². The Morgan fingerprint density at radius 3 is 2.19 bits per heavy atom. The summed E-state index contributed by atoms with van der Waals surface area (Å²) in [6, 6.07) is -0.140. The van der Waals surface area contributed by atoms with Crippen molar-refractivity contribution >= 4 is 29.3 Å². The fourth-order valence-electron chi connectivity index (χ4n) is 6.37. The van der Waals surface area contributed by atoms with Crippen LogP contribution in [0.3, 0.4) is 0 Å². The monoisotopic (exact) mass is 545 g/mol. The molecule has 4 aliphatic rings. The highest BCUT2D eigenvalue weighted by Crippen LogP contribution is 2.57. The van der Waals surface area contributed by atoms with Crippen LogP contribution in [0, 0.1) is 17.3 Å². The Hall–Kier alpha value is -1.55. The van der Waals surface area contributed by atoms with Crippen molar-refractivity contribution < 1.29 is 37.4 Å². The number of nitrogens with zero attached hydrogens (tertiary/aromatic N) is 1. The molecular weight excluding hydrogens is 507 g/mol. The maximum absolute atomic E-state index is 14.0. The van der Waals surface area contributed by atoms with Gasteiger partial charge in [-0.1, -0.05) is 26.2 Å². The van der Waals surface area contributed by atoms with E-state index in [-0.39, 0.29) is 48.5 Å². The highest BCUT2D eigenvalue weighted by atomic mass is 32.2. The van der Waals surface area contributed by atoms with Gasteiger partial charge in [-0.3, -0.25) is 9.59 Å². The number of thioether (sulfide) groups is 1. The topological polar surface area (TPSA) is 83.9 Å². The van der Waals surface area contributed by atoms with Crippen molar-refractivity contribution in [2.45, 2.75) is 108 Å². The summed E-state index contributed by atoms with van der Waals surface area (Å²) in [6.07, 6.45) is 0.677. The SMILES string of the molecule is COC(=O)C1=C(N(CC(=O)C2CCC(C)CC2)C2CCC(O)CC2)CC(C(=O)C2(C(F)(F)F)CCC2)S1. The van der Waals surface area contributed by atoms with Gasteiger partial charge in [-0.05, 0) is 57.3 Å². The first kappa shape index (κ1) is 28.5. The van der Waals surface area contributed by atoms with Crippen LogP contribution in [0.2, 0.25) is 0 Å². The zero-order chi connectivity index (χ0) is 27.0. The molecule has 1 N–H and O–H groups in total. The van der Waals surface area contributed by atoms with Crippen LogP contribution < -0.4 is 0 Å². The van der Waals surface area contributed by atoms with Crippen molar-refractivity contribution in [3.63, 3.8) is 0 Å². The van der Waals surface area contributed by atoms with Gasteiger partial charge >= 0.3 is 12.1 Å². The minimum atomic E-state index is -4.63. The lowest BCUT2D eigenvalue weighted by Crippen LogP contribution is -2.53. The zero-order valence-corrected chi connectivity index (χ0v) is 22.5. The Labute approximate surface area is 220 Å². The van der Waals surface area contributed by atoms with Gasteiger partial charge in [0.25, 0.3) is 0 Å². The van der Waals surface area contributed by atoms with Crippen molar-refractivity contribution in [3.8, 4) is 0 Å². The molecule has 208 valence electrons. The lowest BCUT2D eigenvalue weighted by atomic mass is 9.64. The van der Waals surface area contributed by atoms with Crippen molar-refractivity contribution in [1.82, 2.24) is 4.90 Å². The van der Waals surface area contributed by atoms with Gasteiger partial charge in [0.15, 0.2) is 11.6 Å². The number of rotatable bonds is 8. The number of halogens is 3. The Morgan fingerprint density at radius 2 is 1.68 bits per heavy atom. The average molecular weight is 546 g/mol. The zero-order valence-electron chi connectivity index (χ0n) is 21.6. The van der Waals surface area contributed by atoms with Gasteiger partial charge in [-0.2, -0.15) is 13.2 Å². The van der Waals surface area contributed by atoms with Crippen LogP contribution in [0.25, 0.3) is 0 Å². The molecule has 0 saturated heterocycles. The quantitative estimate of drug-likeness (QED) is 0.421. The van der Waals surface area contributed by atoms with E-state index in [1.807, 2.05) is 4.90 Å². The summed E-state index contributed by atoms with van der Waals surface area (Å²) in [4.78, 5) is 41.5. The third-order valence-corrected chi connectivity index (χ3v) is 10.3. The molecule has 1 atom stereocenters. The number of hydrogen-bond acceptors (Lipinski definition) is 7. The average Bonchev–Trinajstić information content (AvgIpc) is 3.26. The predicted octanol–water partition coefficient (Wildman–Crippen LogP) is 5.18. The van der Waals surface area contributed by atoms with Gasteiger partial charge < -0.3 is 14.7 Å². The molecule has 0 aromatic carbocycles. The third-order valence-electron chi connectivity index (χ3n) is 9.04. The third kappa shape index (κ3) is 5.75. The summed E-state index contributed by atoms with van der Waals surface area (Å²) in [7, 11) is 1.21. The summed E-state index contributed by atoms with van der Waals surface area (Å²) in [5.74, 6) is -0.992. The van der Waals surface area contributed by atoms with Crippen LogP contribution >= 0.6 is 11.8 Å². The number of Topliss-reactive ketones (excluding diaryl/α,β-unsaturated/α-hetero) is 2. The summed E-state index contributed by atoms with van der Waals surface area (Å²) in [6.45, 7) is 2.23. The summed E-state index contributed by atoms with van der Waals surface area (Å²) < 4.78 is 46.8. The number of alkyl halides is 3. The Morgan fingerprint density at radius 1 is 1.05 bits per heavy atom. The molecular formula is C27H38F3NO5S. The van der Waals surface area contributed by atoms with E-state index in [9.17, 15) is 32.7 Å². The fourth-order valence-corrected chi connectivity index (χ4v) is 7.75. The van der Waals surface area contributed by atoms with Crippen LogP contribution in [0.15, 0.2) is 10.6 Å². The number of methoxy groups -OCH3 is 1. The second-order valence-corrected chi connectivity index (χ2v) is 12.6. The van der Waals surface area contributed by atoms with Crippen LogP contribution in [0.5, 0.6) is 0 Å². The highest BCUT2D eigenvalue weighted by Gasteiger charge is 2.64. The summed E-state index contributed by atoms with van der Waals surface area (Å²) in [5.41, 5.74) is -1.90. The smallest absolute Gasteiger partial charge is 0.401 e. The standard InChI is InChI=1S/C27H38F3NO5S/c1-16-4-6-17(7-5-16)21(33)15-31(18-8-10-19(32)11-9-18)20-14-22(37-23(20)25(35)36-2)24(34)26(12-3-13-26)27(28,29)30/h16-19,22,32H,3-15H2,1-2H3. The summed E-state index contributed by atoms with van der Waals surface area (Å²) in [5, 5.41) is 9.00. The van der Waals surface area contributed by atoms with Gasteiger partial charge in [-0.15, -0.1) is 11.8 Å². The second-order valence-electron chi connectivity index (χ2n) is 11.4. The molecule has 4 rings (SSSR count). The molecule has 3 fully saturated rings. The molecule has 10 heteroatoms. The first-order valence-corrected chi connectivity index (χ1v) is 14.4. The molecule has 0 aromatic heterocycles. The van der Waals surface area contributed by atoms with Crippen LogP contribution in [0.1, 0.15) is 84.0 Å². The molecule has 6 nitrogen and oxygen atoms in total. The molecule has 3 aliphatic carbocycles. The van der Waals surface area contributed by atoms with E-state index in [1.54, 1.807) is 0 Å². The van der Waals surface area contributed by atoms with E-state index in [0.717, 1.165) is 37.4 Å². The molecule has 0 spiro atoms. The number of aliphatic hydroxyl groups excluding tert-OH is 1. The van der Waals surface area contributed by atoms with Crippen molar-refractivity contribution in [1.29, 1.82) is 0 Å². The Bertz CT molecular complexity index is 915. The molecule has 1 unspecified atom stereocenters. The number of esters is 1. The highest BCUT2D eigenvalue weighted by molar-refractivity contribution is 8.05. The van der Waals surface area contributed by atoms with E-state index in [1.165, 1.54) is 7.11 Å². The maximum atomic E-state index is 14.0. The number of ether oxygens (including phenoxy) is 1. The predicted molar refractivity (Wildman–Crippen MR) is 133 cm³/mol. The normalized spacial score (nSPS) is 32.0. The molecule has 3 saturated carbocycles. The summed E-state index contributed by atoms with van der Waals surface area (Å²) >= 11 is 0.861. The van der Waals surface area contributed by atoms with E-state index in [0.29, 0.717) is 43.7 Å². The van der Waals surface area contributed by atoms with E-state index in [2.05, 4.69) is 6.92 Å². The van der Waals surface area contributed by atoms with Gasteiger partial charge in [0.1, 0.15) is 10.3 Å². The van der Waals surface area contributed by atoms with E-state index in [4.69, 9.17) is 4.74 Å². The van der Waals surface area contributed by atoms with Gasteiger partial charge in [0.2, 0.25) is 0 Å². The van der Waals surface area contributed by atoms with Gasteiger partial charge in [0, 0.05) is 24.1 Å². The molecule has 0 radical (unpaired) electrons. The number of carbonyl (C=O) groups excluding carboxylic acids is 3. The molecule has 0 bridgehead atoms. The first-order chi connectivity index (χ1) is 17.5. The van der Waals surface area contributed by atoms with Crippen LogP contribution in [-0.2, 0) is 19.1 Å². The van der Waals surface area contributed by atoms with Crippen LogP contribution in [0.4, 0.5) is 13.2 Å². The first-order valence-electron chi connectivity index (χ1n) is 13.5. The Balaban J connectivity index is 1.61. The maximum Gasteiger partial charge on any atom is 0.401 e. The van der Waals surface area contributed by atoms with Gasteiger partial charge in [-0.25, -0.2) is 4.79 Å². The lowest BCUT2D eigenvalue weighted by Gasteiger charge is -2.43. The van der Waals surface area contributed by atoms with Crippen molar-refractivity contribution in [3.05, 3.63) is 10.6 Å². The molecule has 1 aliphatic heterocycles.